The minimum Gasteiger partial charge on any atom is -0.359 e. The Morgan fingerprint density at radius 3 is 2.67 bits per heavy atom. The molecule has 0 radical (unpaired) electrons. The Hall–Kier alpha value is -1.01. The predicted molar refractivity (Wildman–Crippen MR) is 31.0 cm³/mol. The van der Waals surface area contributed by atoms with Crippen molar-refractivity contribution < 1.29 is 4.52 Å². The molecule has 0 atom stereocenters. The summed E-state index contributed by atoms with van der Waals surface area (Å²) >= 11 is 5.53. The van der Waals surface area contributed by atoms with Gasteiger partial charge in [-0.05, 0) is 6.92 Å². The topological polar surface area (TPSA) is 49.8 Å². The fourth-order valence-corrected chi connectivity index (χ4v) is 0.542. The summed E-state index contributed by atoms with van der Waals surface area (Å²) in [5, 5.41) is 11.9. The molecular formula is C5H3ClN2O. The van der Waals surface area contributed by atoms with Crippen LogP contribution < -0.4 is 0 Å². The second-order valence-electron chi connectivity index (χ2n) is 1.51. The molecule has 0 fully saturated rings. The fraction of sp³-hybridized carbons (Fsp3) is 0.200. The molecule has 46 valence electrons. The Morgan fingerprint density at radius 2 is 2.44 bits per heavy atom. The summed E-state index contributed by atoms with van der Waals surface area (Å²) in [7, 11) is 0. The number of nitriles is 1. The van der Waals surface area contributed by atoms with Gasteiger partial charge in [-0.15, -0.1) is 0 Å². The zero-order valence-corrected chi connectivity index (χ0v) is 5.44. The Labute approximate surface area is 56.8 Å². The minimum absolute atomic E-state index is 0.147. The first-order valence-electron chi connectivity index (χ1n) is 2.27. The number of aromatic nitrogens is 1. The molecule has 0 saturated carbocycles. The molecule has 0 unspecified atom stereocenters. The molecule has 1 rings (SSSR count). The second kappa shape index (κ2) is 2.08. The van der Waals surface area contributed by atoms with Crippen LogP contribution in [0.3, 0.4) is 0 Å². The third kappa shape index (κ3) is 0.889. The van der Waals surface area contributed by atoms with Crippen molar-refractivity contribution in [2.75, 3.05) is 0 Å². The van der Waals surface area contributed by atoms with Crippen LogP contribution in [0.1, 0.15) is 11.5 Å². The largest absolute Gasteiger partial charge is 0.359 e. The van der Waals surface area contributed by atoms with E-state index in [0.29, 0.717) is 10.8 Å². The number of nitrogens with zero attached hydrogens (tertiary/aromatic N) is 2. The zero-order valence-electron chi connectivity index (χ0n) is 4.68. The molecule has 9 heavy (non-hydrogen) atoms. The maximum atomic E-state index is 8.27. The van der Waals surface area contributed by atoms with Crippen LogP contribution in [0.25, 0.3) is 0 Å². The van der Waals surface area contributed by atoms with Gasteiger partial charge in [0, 0.05) is 0 Å². The van der Waals surface area contributed by atoms with Gasteiger partial charge < -0.3 is 4.52 Å². The molecule has 4 heteroatoms. The lowest BCUT2D eigenvalue weighted by Crippen LogP contribution is -1.69. The maximum absolute atomic E-state index is 8.27. The number of halogens is 1. The second-order valence-corrected chi connectivity index (χ2v) is 1.89. The molecule has 0 aromatic carbocycles. The highest BCUT2D eigenvalue weighted by Gasteiger charge is 2.07. The maximum Gasteiger partial charge on any atom is 0.202 e. The third-order valence-corrected chi connectivity index (χ3v) is 1.34. The van der Waals surface area contributed by atoms with Gasteiger partial charge in [0.15, 0.2) is 5.76 Å². The average molecular weight is 143 g/mol. The van der Waals surface area contributed by atoms with Crippen LogP contribution in [0, 0.1) is 18.3 Å². The fourth-order valence-electron chi connectivity index (χ4n) is 0.430. The quantitative estimate of drug-likeness (QED) is 0.552. The summed E-state index contributed by atoms with van der Waals surface area (Å²) in [6.07, 6.45) is 0. The van der Waals surface area contributed by atoms with Gasteiger partial charge in [-0.25, -0.2) is 0 Å². The van der Waals surface area contributed by atoms with Gasteiger partial charge in [-0.2, -0.15) is 5.26 Å². The summed E-state index contributed by atoms with van der Waals surface area (Å²) in [6, 6.07) is 1.78. The van der Waals surface area contributed by atoms with Crippen LogP contribution in [0.4, 0.5) is 0 Å². The van der Waals surface area contributed by atoms with Crippen molar-refractivity contribution in [3.8, 4) is 6.07 Å². The Balaban J connectivity index is 3.24. The van der Waals surface area contributed by atoms with E-state index in [2.05, 4.69) is 9.68 Å². The van der Waals surface area contributed by atoms with E-state index < -0.39 is 0 Å². The van der Waals surface area contributed by atoms with Gasteiger partial charge in [0.05, 0.1) is 0 Å². The van der Waals surface area contributed by atoms with Crippen molar-refractivity contribution in [1.29, 1.82) is 5.26 Å². The van der Waals surface area contributed by atoms with Crippen LogP contribution in [-0.2, 0) is 0 Å². The highest BCUT2D eigenvalue weighted by atomic mass is 35.5. The van der Waals surface area contributed by atoms with Crippen molar-refractivity contribution in [2.45, 2.75) is 6.92 Å². The molecule has 1 heterocycles. The smallest absolute Gasteiger partial charge is 0.202 e. The molecule has 0 amide bonds. The van der Waals surface area contributed by atoms with Gasteiger partial charge in [-0.3, -0.25) is 0 Å². The molecule has 0 bridgehead atoms. The lowest BCUT2D eigenvalue weighted by Gasteiger charge is -1.75. The standard InChI is InChI=1S/C5H3ClN2O/c1-3-5(6)4(2-7)8-9-3/h1H3. The number of rotatable bonds is 0. The SMILES string of the molecule is Cc1onc(C#N)c1Cl. The first kappa shape index (κ1) is 6.12. The lowest BCUT2D eigenvalue weighted by atomic mass is 10.4. The molecular weight excluding hydrogens is 140 g/mol. The highest BCUT2D eigenvalue weighted by Crippen LogP contribution is 2.17. The number of hydrogen-bond acceptors (Lipinski definition) is 3. The molecule has 0 aliphatic heterocycles. The van der Waals surface area contributed by atoms with E-state index >= 15 is 0 Å². The van der Waals surface area contributed by atoms with E-state index in [0.717, 1.165) is 0 Å². The normalized spacial score (nSPS) is 9.00. The lowest BCUT2D eigenvalue weighted by molar-refractivity contribution is 0.395. The van der Waals surface area contributed by atoms with Crippen molar-refractivity contribution >= 4 is 11.6 Å². The monoisotopic (exact) mass is 142 g/mol. The molecule has 3 nitrogen and oxygen atoms in total. The Kier molecular flexibility index (Phi) is 1.41. The number of hydrogen-bond donors (Lipinski definition) is 0. The molecule has 1 aromatic heterocycles. The molecule has 0 N–H and O–H groups in total. The molecule has 0 spiro atoms. The van der Waals surface area contributed by atoms with Crippen LogP contribution >= 0.6 is 11.6 Å². The van der Waals surface area contributed by atoms with Gasteiger partial charge in [-0.1, -0.05) is 16.8 Å². The minimum atomic E-state index is 0.147. The summed E-state index contributed by atoms with van der Waals surface area (Å²) in [4.78, 5) is 0. The molecule has 0 aliphatic rings. The summed E-state index contributed by atoms with van der Waals surface area (Å²) in [6.45, 7) is 1.65. The van der Waals surface area contributed by atoms with Gasteiger partial charge in [0.1, 0.15) is 11.1 Å². The van der Waals surface area contributed by atoms with Crippen molar-refractivity contribution in [2.24, 2.45) is 0 Å². The Morgan fingerprint density at radius 1 is 1.78 bits per heavy atom. The summed E-state index contributed by atoms with van der Waals surface area (Å²) in [5.74, 6) is 0.480. The van der Waals surface area contributed by atoms with Gasteiger partial charge >= 0.3 is 0 Å². The van der Waals surface area contributed by atoms with Crippen LogP contribution in [0.2, 0.25) is 5.02 Å². The predicted octanol–water partition coefficient (Wildman–Crippen LogP) is 1.51. The average Bonchev–Trinajstić information content (AvgIpc) is 2.15. The van der Waals surface area contributed by atoms with Crippen LogP contribution in [0.5, 0.6) is 0 Å². The Bertz CT molecular complexity index is 260. The van der Waals surface area contributed by atoms with E-state index in [1.165, 1.54) is 0 Å². The first-order valence-corrected chi connectivity index (χ1v) is 2.65. The third-order valence-electron chi connectivity index (χ3n) is 0.897. The summed E-state index contributed by atoms with van der Waals surface area (Å²) in [5.41, 5.74) is 0.147. The summed E-state index contributed by atoms with van der Waals surface area (Å²) < 4.78 is 4.58. The van der Waals surface area contributed by atoms with Crippen molar-refractivity contribution in [1.82, 2.24) is 5.16 Å². The number of aryl methyl sites for hydroxylation is 1. The van der Waals surface area contributed by atoms with E-state index in [1.54, 1.807) is 13.0 Å². The van der Waals surface area contributed by atoms with Gasteiger partial charge in [0.2, 0.25) is 5.69 Å². The van der Waals surface area contributed by atoms with Gasteiger partial charge in [0.25, 0.3) is 0 Å². The molecule has 0 aliphatic carbocycles. The van der Waals surface area contributed by atoms with Crippen LogP contribution in [0.15, 0.2) is 4.52 Å². The van der Waals surface area contributed by atoms with Crippen molar-refractivity contribution in [3.63, 3.8) is 0 Å². The van der Waals surface area contributed by atoms with E-state index in [4.69, 9.17) is 16.9 Å². The highest BCUT2D eigenvalue weighted by molar-refractivity contribution is 6.32. The molecule has 1 aromatic rings. The van der Waals surface area contributed by atoms with E-state index in [1.807, 2.05) is 0 Å². The van der Waals surface area contributed by atoms with Crippen molar-refractivity contribution in [3.05, 3.63) is 16.5 Å². The zero-order chi connectivity index (χ0) is 6.85. The van der Waals surface area contributed by atoms with Crippen LogP contribution in [-0.4, -0.2) is 5.16 Å². The first-order chi connectivity index (χ1) is 4.25. The van der Waals surface area contributed by atoms with E-state index in [-0.39, 0.29) is 5.69 Å². The van der Waals surface area contributed by atoms with E-state index in [9.17, 15) is 0 Å². The molecule has 0 saturated heterocycles.